The van der Waals surface area contributed by atoms with Crippen molar-refractivity contribution in [2.24, 2.45) is 5.92 Å². The summed E-state index contributed by atoms with van der Waals surface area (Å²) >= 11 is 5.97. The molecule has 4 heteroatoms. The molecule has 0 radical (unpaired) electrons. The third-order valence-electron chi connectivity index (χ3n) is 4.43. The molecule has 2 rings (SSSR count). The van der Waals surface area contributed by atoms with Gasteiger partial charge in [-0.15, -0.1) is 0 Å². The Morgan fingerprint density at radius 1 is 1.30 bits per heavy atom. The Morgan fingerprint density at radius 3 is 2.50 bits per heavy atom. The van der Waals surface area contributed by atoms with E-state index < -0.39 is 0 Å². The standard InChI is InChI=1S/C16H23ClN2O/c1-3-11-4-6-15(7-5-11)19(2)16(20)12-8-13(17)10-14(18)9-12/h8-11,15H,3-7,18H2,1-2H3. The Kier molecular flexibility index (Phi) is 4.92. The van der Waals surface area contributed by atoms with Crippen LogP contribution in [0.1, 0.15) is 49.4 Å². The zero-order chi connectivity index (χ0) is 14.7. The van der Waals surface area contributed by atoms with E-state index in [4.69, 9.17) is 17.3 Å². The van der Waals surface area contributed by atoms with Crippen LogP contribution in [0.15, 0.2) is 18.2 Å². The number of nitrogen functional groups attached to an aromatic ring is 1. The zero-order valence-electron chi connectivity index (χ0n) is 12.2. The summed E-state index contributed by atoms with van der Waals surface area (Å²) < 4.78 is 0. The Morgan fingerprint density at radius 2 is 1.95 bits per heavy atom. The molecule has 3 nitrogen and oxygen atoms in total. The van der Waals surface area contributed by atoms with Gasteiger partial charge in [0.15, 0.2) is 0 Å². The fraction of sp³-hybridized carbons (Fsp3) is 0.562. The summed E-state index contributed by atoms with van der Waals surface area (Å²) in [5, 5.41) is 0.511. The van der Waals surface area contributed by atoms with Gasteiger partial charge in [0.2, 0.25) is 0 Å². The van der Waals surface area contributed by atoms with Crippen LogP contribution in [0.4, 0.5) is 5.69 Å². The number of nitrogens with two attached hydrogens (primary N) is 1. The molecule has 1 aliphatic carbocycles. The van der Waals surface area contributed by atoms with E-state index >= 15 is 0 Å². The molecule has 1 aromatic carbocycles. The topological polar surface area (TPSA) is 46.3 Å². The van der Waals surface area contributed by atoms with Gasteiger partial charge in [-0.25, -0.2) is 0 Å². The minimum Gasteiger partial charge on any atom is -0.399 e. The van der Waals surface area contributed by atoms with E-state index in [-0.39, 0.29) is 5.91 Å². The van der Waals surface area contributed by atoms with Crippen LogP contribution in [0.5, 0.6) is 0 Å². The fourth-order valence-electron chi connectivity index (χ4n) is 3.05. The lowest BCUT2D eigenvalue weighted by Crippen LogP contribution is -2.39. The number of carbonyl (C=O) groups excluding carboxylic acids is 1. The monoisotopic (exact) mass is 294 g/mol. The molecule has 0 heterocycles. The molecular weight excluding hydrogens is 272 g/mol. The molecule has 0 bridgehead atoms. The predicted octanol–water partition coefficient (Wildman–Crippen LogP) is 3.96. The summed E-state index contributed by atoms with van der Waals surface area (Å²) in [4.78, 5) is 14.4. The van der Waals surface area contributed by atoms with E-state index in [0.717, 1.165) is 18.8 Å². The number of nitrogens with zero attached hydrogens (tertiary/aromatic N) is 1. The van der Waals surface area contributed by atoms with Crippen LogP contribution in [-0.2, 0) is 0 Å². The predicted molar refractivity (Wildman–Crippen MR) is 84.0 cm³/mol. The number of rotatable bonds is 3. The number of carbonyl (C=O) groups is 1. The van der Waals surface area contributed by atoms with Crippen molar-refractivity contribution in [3.05, 3.63) is 28.8 Å². The van der Waals surface area contributed by atoms with Crippen LogP contribution >= 0.6 is 11.6 Å². The van der Waals surface area contributed by atoms with Gasteiger partial charge in [0.05, 0.1) is 0 Å². The molecule has 0 unspecified atom stereocenters. The molecule has 1 amide bonds. The maximum Gasteiger partial charge on any atom is 0.253 e. The molecule has 1 fully saturated rings. The summed E-state index contributed by atoms with van der Waals surface area (Å²) in [5.74, 6) is 0.843. The Labute approximate surface area is 126 Å². The van der Waals surface area contributed by atoms with E-state index in [0.29, 0.717) is 22.3 Å². The average Bonchev–Trinajstić information content (AvgIpc) is 2.45. The van der Waals surface area contributed by atoms with Gasteiger partial charge in [-0.1, -0.05) is 24.9 Å². The smallest absolute Gasteiger partial charge is 0.253 e. The quantitative estimate of drug-likeness (QED) is 0.858. The Bertz CT molecular complexity index is 461. The van der Waals surface area contributed by atoms with Crippen LogP contribution < -0.4 is 5.73 Å². The summed E-state index contributed by atoms with van der Waals surface area (Å²) in [6.07, 6.45) is 5.87. The van der Waals surface area contributed by atoms with E-state index in [1.165, 1.54) is 19.3 Å². The lowest BCUT2D eigenvalue weighted by molar-refractivity contribution is 0.0675. The highest BCUT2D eigenvalue weighted by Gasteiger charge is 2.26. The second-order valence-corrected chi connectivity index (χ2v) is 6.21. The molecule has 0 saturated heterocycles. The van der Waals surface area contributed by atoms with Crippen molar-refractivity contribution in [3.63, 3.8) is 0 Å². The molecule has 1 aliphatic rings. The molecule has 1 aromatic rings. The van der Waals surface area contributed by atoms with E-state index in [2.05, 4.69) is 6.92 Å². The molecule has 0 spiro atoms. The van der Waals surface area contributed by atoms with Gasteiger partial charge in [-0.2, -0.15) is 0 Å². The fourth-order valence-corrected chi connectivity index (χ4v) is 3.29. The third kappa shape index (κ3) is 3.45. The minimum atomic E-state index is 0.0131. The maximum atomic E-state index is 12.5. The van der Waals surface area contributed by atoms with Crippen LogP contribution in [0, 0.1) is 5.92 Å². The van der Waals surface area contributed by atoms with Crippen molar-refractivity contribution in [3.8, 4) is 0 Å². The molecule has 2 N–H and O–H groups in total. The van der Waals surface area contributed by atoms with E-state index in [1.807, 2.05) is 11.9 Å². The van der Waals surface area contributed by atoms with Crippen LogP contribution in [-0.4, -0.2) is 23.9 Å². The highest BCUT2D eigenvalue weighted by atomic mass is 35.5. The summed E-state index contributed by atoms with van der Waals surface area (Å²) in [6, 6.07) is 5.38. The summed E-state index contributed by atoms with van der Waals surface area (Å²) in [7, 11) is 1.89. The van der Waals surface area contributed by atoms with Gasteiger partial charge >= 0.3 is 0 Å². The first kappa shape index (κ1) is 15.2. The molecule has 0 aliphatic heterocycles. The lowest BCUT2D eigenvalue weighted by atomic mass is 9.84. The van der Waals surface area contributed by atoms with Crippen molar-refractivity contribution >= 4 is 23.2 Å². The Balaban J connectivity index is 2.05. The number of amides is 1. The highest BCUT2D eigenvalue weighted by molar-refractivity contribution is 6.31. The maximum absolute atomic E-state index is 12.5. The molecule has 0 atom stereocenters. The molecule has 0 aromatic heterocycles. The number of halogens is 1. The van der Waals surface area contributed by atoms with Crippen LogP contribution in [0.3, 0.4) is 0 Å². The van der Waals surface area contributed by atoms with Crippen molar-refractivity contribution in [2.45, 2.75) is 45.1 Å². The summed E-state index contributed by atoms with van der Waals surface area (Å²) in [6.45, 7) is 2.24. The average molecular weight is 295 g/mol. The van der Waals surface area contributed by atoms with Crippen molar-refractivity contribution in [1.82, 2.24) is 4.90 Å². The summed E-state index contributed by atoms with van der Waals surface area (Å²) in [5.41, 5.74) is 6.87. The molecule has 1 saturated carbocycles. The normalized spacial score (nSPS) is 22.6. The number of benzene rings is 1. The van der Waals surface area contributed by atoms with Crippen molar-refractivity contribution in [2.75, 3.05) is 12.8 Å². The van der Waals surface area contributed by atoms with Gasteiger partial charge in [0.25, 0.3) is 5.91 Å². The second kappa shape index (κ2) is 6.49. The number of hydrogen-bond donors (Lipinski definition) is 1. The third-order valence-corrected chi connectivity index (χ3v) is 4.65. The first-order valence-corrected chi connectivity index (χ1v) is 7.72. The number of anilines is 1. The largest absolute Gasteiger partial charge is 0.399 e. The van der Waals surface area contributed by atoms with Crippen molar-refractivity contribution < 1.29 is 4.79 Å². The first-order chi connectivity index (χ1) is 9.51. The van der Waals surface area contributed by atoms with E-state index in [9.17, 15) is 4.79 Å². The van der Waals surface area contributed by atoms with E-state index in [1.54, 1.807) is 18.2 Å². The minimum absolute atomic E-state index is 0.0131. The van der Waals surface area contributed by atoms with Gasteiger partial charge < -0.3 is 10.6 Å². The SMILES string of the molecule is CCC1CCC(N(C)C(=O)c2cc(N)cc(Cl)c2)CC1. The number of hydrogen-bond acceptors (Lipinski definition) is 2. The highest BCUT2D eigenvalue weighted by Crippen LogP contribution is 2.30. The van der Waals surface area contributed by atoms with Crippen molar-refractivity contribution in [1.29, 1.82) is 0 Å². The first-order valence-electron chi connectivity index (χ1n) is 7.34. The van der Waals surface area contributed by atoms with Gasteiger partial charge in [-0.3, -0.25) is 4.79 Å². The van der Waals surface area contributed by atoms with Gasteiger partial charge in [0.1, 0.15) is 0 Å². The molecule has 20 heavy (non-hydrogen) atoms. The van der Waals surface area contributed by atoms with Crippen LogP contribution in [0.25, 0.3) is 0 Å². The van der Waals surface area contributed by atoms with Gasteiger partial charge in [0, 0.05) is 29.4 Å². The van der Waals surface area contributed by atoms with Gasteiger partial charge in [-0.05, 0) is 49.8 Å². The molecule has 110 valence electrons. The lowest BCUT2D eigenvalue weighted by Gasteiger charge is -2.34. The zero-order valence-corrected chi connectivity index (χ0v) is 13.0. The van der Waals surface area contributed by atoms with Crippen LogP contribution in [0.2, 0.25) is 5.02 Å². The molecular formula is C16H23ClN2O. The Hall–Kier alpha value is -1.22. The second-order valence-electron chi connectivity index (χ2n) is 5.77.